The van der Waals surface area contributed by atoms with Crippen LogP contribution in [0.2, 0.25) is 5.02 Å². The van der Waals surface area contributed by atoms with Gasteiger partial charge in [0.25, 0.3) is 0 Å². The van der Waals surface area contributed by atoms with Crippen LogP contribution >= 0.6 is 11.6 Å². The Morgan fingerprint density at radius 3 is 2.50 bits per heavy atom. The van der Waals surface area contributed by atoms with Crippen molar-refractivity contribution in [2.75, 3.05) is 0 Å². The lowest BCUT2D eigenvalue weighted by atomic mass is 9.71. The Balaban J connectivity index is 1.70. The lowest BCUT2D eigenvalue weighted by Gasteiger charge is -2.40. The molecule has 168 valence electrons. The molecule has 2 aliphatic rings. The maximum Gasteiger partial charge on any atom is 0.200 e. The summed E-state index contributed by atoms with van der Waals surface area (Å²) in [5.41, 5.74) is -1.46. The SMILES string of the molecule is N#Cc1ccc([C@@]23Oc4cc(Cl)cnc4[C@]2(O)[C@H](O)[C@H](c2ncco2)[C@H]3c2ccccc2)cc1. The van der Waals surface area contributed by atoms with Crippen LogP contribution in [0, 0.1) is 11.3 Å². The van der Waals surface area contributed by atoms with Gasteiger partial charge in [-0.15, -0.1) is 0 Å². The van der Waals surface area contributed by atoms with Crippen LogP contribution in [-0.2, 0) is 11.2 Å². The van der Waals surface area contributed by atoms with E-state index in [0.29, 0.717) is 16.1 Å². The number of nitriles is 1. The number of hydrogen-bond donors (Lipinski definition) is 2. The zero-order valence-electron chi connectivity index (χ0n) is 17.7. The Morgan fingerprint density at radius 1 is 1.06 bits per heavy atom. The van der Waals surface area contributed by atoms with E-state index in [-0.39, 0.29) is 17.3 Å². The fraction of sp³-hybridized carbons (Fsp3) is 0.192. The highest BCUT2D eigenvalue weighted by Gasteiger charge is 2.77. The van der Waals surface area contributed by atoms with Gasteiger partial charge in [0, 0.05) is 18.2 Å². The summed E-state index contributed by atoms with van der Waals surface area (Å²) in [5.74, 6) is -0.835. The highest BCUT2D eigenvalue weighted by atomic mass is 35.5. The van der Waals surface area contributed by atoms with E-state index in [2.05, 4.69) is 16.0 Å². The molecule has 7 nitrogen and oxygen atoms in total. The molecule has 0 unspecified atom stereocenters. The van der Waals surface area contributed by atoms with E-state index in [4.69, 9.17) is 20.8 Å². The molecule has 5 atom stereocenters. The fourth-order valence-electron chi connectivity index (χ4n) is 5.60. The van der Waals surface area contributed by atoms with E-state index in [1.165, 1.54) is 18.7 Å². The highest BCUT2D eigenvalue weighted by molar-refractivity contribution is 6.30. The van der Waals surface area contributed by atoms with Gasteiger partial charge in [-0.1, -0.05) is 54.1 Å². The summed E-state index contributed by atoms with van der Waals surface area (Å²) in [4.78, 5) is 8.73. The number of rotatable bonds is 3. The van der Waals surface area contributed by atoms with Gasteiger partial charge in [-0.25, -0.2) is 4.98 Å². The van der Waals surface area contributed by atoms with Crippen LogP contribution in [-0.4, -0.2) is 26.3 Å². The molecular weight excluding hydrogens is 454 g/mol. The average molecular weight is 472 g/mol. The predicted octanol–water partition coefficient (Wildman–Crippen LogP) is 4.01. The van der Waals surface area contributed by atoms with Gasteiger partial charge >= 0.3 is 0 Å². The van der Waals surface area contributed by atoms with Gasteiger partial charge in [-0.05, 0) is 23.3 Å². The molecule has 0 amide bonds. The zero-order chi connectivity index (χ0) is 23.5. The molecule has 2 aromatic carbocycles. The van der Waals surface area contributed by atoms with E-state index < -0.39 is 29.1 Å². The first-order valence-corrected chi connectivity index (χ1v) is 11.1. The summed E-state index contributed by atoms with van der Waals surface area (Å²) in [7, 11) is 0. The molecule has 1 aliphatic heterocycles. The maximum absolute atomic E-state index is 12.5. The van der Waals surface area contributed by atoms with Gasteiger partial charge in [0.15, 0.2) is 11.2 Å². The van der Waals surface area contributed by atoms with Crippen LogP contribution in [0.15, 0.2) is 83.7 Å². The molecular formula is C26H18ClN3O4. The second kappa shape index (κ2) is 7.40. The molecule has 1 fully saturated rings. The van der Waals surface area contributed by atoms with Crippen LogP contribution in [0.4, 0.5) is 0 Å². The van der Waals surface area contributed by atoms with Gasteiger partial charge in [0.05, 0.1) is 28.8 Å². The van der Waals surface area contributed by atoms with Crippen LogP contribution < -0.4 is 4.74 Å². The van der Waals surface area contributed by atoms with Crippen molar-refractivity contribution in [3.8, 4) is 11.8 Å². The number of oxazole rings is 1. The monoisotopic (exact) mass is 471 g/mol. The topological polar surface area (TPSA) is 112 Å². The Labute approximate surface area is 199 Å². The summed E-state index contributed by atoms with van der Waals surface area (Å²) in [6, 6.07) is 20.0. The van der Waals surface area contributed by atoms with Crippen molar-refractivity contribution >= 4 is 11.6 Å². The Bertz CT molecular complexity index is 1400. The molecule has 0 radical (unpaired) electrons. The predicted molar refractivity (Wildman–Crippen MR) is 121 cm³/mol. The van der Waals surface area contributed by atoms with E-state index in [0.717, 1.165) is 5.56 Å². The van der Waals surface area contributed by atoms with Gasteiger partial charge in [-0.2, -0.15) is 5.26 Å². The van der Waals surface area contributed by atoms with Crippen LogP contribution in [0.3, 0.4) is 0 Å². The molecule has 0 spiro atoms. The molecule has 34 heavy (non-hydrogen) atoms. The van der Waals surface area contributed by atoms with E-state index >= 15 is 0 Å². The van der Waals surface area contributed by atoms with Crippen LogP contribution in [0.1, 0.15) is 40.1 Å². The second-order valence-corrected chi connectivity index (χ2v) is 8.96. The standard InChI is InChI=1S/C26H18ClN3O4/c27-18-12-19-22(30-14-18)25(32)23(31)20(24-29-10-11-33-24)21(16-4-2-1-3-5-16)26(25,34-19)17-8-6-15(13-28)7-9-17/h1-12,14,20-21,23,31-32H/t20-,21-,23-,25+,26+/m1/s1. The minimum atomic E-state index is -1.97. The summed E-state index contributed by atoms with van der Waals surface area (Å²) >= 11 is 6.21. The van der Waals surface area contributed by atoms with Crippen molar-refractivity contribution in [2.45, 2.75) is 29.1 Å². The lowest BCUT2D eigenvalue weighted by molar-refractivity contribution is -0.152. The Hall–Kier alpha value is -3.70. The Kier molecular flexibility index (Phi) is 4.55. The average Bonchev–Trinajstić information content (AvgIpc) is 3.52. The van der Waals surface area contributed by atoms with Crippen molar-refractivity contribution in [2.24, 2.45) is 0 Å². The zero-order valence-corrected chi connectivity index (χ0v) is 18.4. The molecule has 4 aromatic rings. The normalized spacial score (nSPS) is 29.2. The molecule has 0 bridgehead atoms. The number of aromatic nitrogens is 2. The summed E-state index contributed by atoms with van der Waals surface area (Å²) in [6.07, 6.45) is 2.97. The first-order valence-electron chi connectivity index (χ1n) is 10.7. The number of fused-ring (bicyclic) bond motifs is 3. The number of ether oxygens (including phenoxy) is 1. The van der Waals surface area contributed by atoms with Gasteiger partial charge in [0.1, 0.15) is 23.8 Å². The Morgan fingerprint density at radius 2 is 1.82 bits per heavy atom. The van der Waals surface area contributed by atoms with E-state index in [9.17, 15) is 15.5 Å². The molecule has 1 aliphatic carbocycles. The van der Waals surface area contributed by atoms with Crippen molar-refractivity contribution in [3.05, 3.63) is 113 Å². The molecule has 6 rings (SSSR count). The van der Waals surface area contributed by atoms with Gasteiger partial charge < -0.3 is 19.4 Å². The van der Waals surface area contributed by atoms with Crippen molar-refractivity contribution < 1.29 is 19.4 Å². The molecule has 3 heterocycles. The maximum atomic E-state index is 12.5. The quantitative estimate of drug-likeness (QED) is 0.464. The third kappa shape index (κ3) is 2.59. The van der Waals surface area contributed by atoms with Gasteiger partial charge in [-0.3, -0.25) is 4.98 Å². The summed E-state index contributed by atoms with van der Waals surface area (Å²) < 4.78 is 12.3. The molecule has 1 saturated carbocycles. The van der Waals surface area contributed by atoms with Crippen molar-refractivity contribution in [1.82, 2.24) is 9.97 Å². The summed E-state index contributed by atoms with van der Waals surface area (Å²) in [5, 5.41) is 33.9. The fourth-order valence-corrected chi connectivity index (χ4v) is 5.75. The molecule has 2 N–H and O–H groups in total. The number of benzene rings is 2. The number of aliphatic hydroxyl groups is 2. The first-order chi connectivity index (χ1) is 16.5. The van der Waals surface area contributed by atoms with Gasteiger partial charge in [0.2, 0.25) is 5.89 Å². The minimum Gasteiger partial charge on any atom is -0.476 e. The third-order valence-corrected chi connectivity index (χ3v) is 7.13. The largest absolute Gasteiger partial charge is 0.476 e. The van der Waals surface area contributed by atoms with E-state index in [1.54, 1.807) is 30.3 Å². The van der Waals surface area contributed by atoms with Crippen LogP contribution in [0.5, 0.6) is 5.75 Å². The highest BCUT2D eigenvalue weighted by Crippen LogP contribution is 2.70. The number of hydrogen-bond acceptors (Lipinski definition) is 7. The third-order valence-electron chi connectivity index (χ3n) is 6.92. The minimum absolute atomic E-state index is 0.184. The lowest BCUT2D eigenvalue weighted by Crippen LogP contribution is -2.52. The summed E-state index contributed by atoms with van der Waals surface area (Å²) in [6.45, 7) is 0. The van der Waals surface area contributed by atoms with Crippen molar-refractivity contribution in [3.63, 3.8) is 0 Å². The van der Waals surface area contributed by atoms with E-state index in [1.807, 2.05) is 30.3 Å². The van der Waals surface area contributed by atoms with Crippen LogP contribution in [0.25, 0.3) is 0 Å². The number of halogens is 1. The number of nitrogens with zero attached hydrogens (tertiary/aromatic N) is 3. The molecule has 0 saturated heterocycles. The second-order valence-electron chi connectivity index (χ2n) is 8.52. The number of pyridine rings is 1. The number of aliphatic hydroxyl groups excluding tert-OH is 1. The van der Waals surface area contributed by atoms with Crippen molar-refractivity contribution in [1.29, 1.82) is 5.26 Å². The molecule has 2 aromatic heterocycles. The smallest absolute Gasteiger partial charge is 0.200 e. The molecule has 8 heteroatoms. The first kappa shape index (κ1) is 20.9.